The van der Waals surface area contributed by atoms with Crippen LogP contribution in [0.1, 0.15) is 52.1 Å². The van der Waals surface area contributed by atoms with E-state index in [0.29, 0.717) is 4.91 Å². The summed E-state index contributed by atoms with van der Waals surface area (Å²) in [5, 5.41) is 17.5. The Morgan fingerprint density at radius 1 is 1.00 bits per heavy atom. The number of aromatic nitrogens is 1. The van der Waals surface area contributed by atoms with Crippen LogP contribution >= 0.6 is 11.9 Å². The van der Waals surface area contributed by atoms with Crippen LogP contribution in [0.15, 0.2) is 53.4 Å². The Morgan fingerprint density at radius 3 is 2.44 bits per heavy atom. The molecule has 2 aromatic carbocycles. The molecular formula is C27H34N4S. The van der Waals surface area contributed by atoms with Crippen molar-refractivity contribution >= 4 is 34.0 Å². The van der Waals surface area contributed by atoms with Crippen molar-refractivity contribution in [3.8, 4) is 17.3 Å². The summed E-state index contributed by atoms with van der Waals surface area (Å²) in [4.78, 5) is 3.06. The van der Waals surface area contributed by atoms with Gasteiger partial charge in [-0.3, -0.25) is 5.14 Å². The average Bonchev–Trinajstić information content (AvgIpc) is 3.20. The molecule has 0 amide bonds. The molecule has 0 radical (unpaired) electrons. The van der Waals surface area contributed by atoms with Gasteiger partial charge in [0.05, 0.1) is 0 Å². The highest BCUT2D eigenvalue weighted by atomic mass is 32.2. The molecule has 0 aliphatic carbocycles. The number of hydrogen-bond donors (Lipinski definition) is 1. The summed E-state index contributed by atoms with van der Waals surface area (Å²) < 4.78 is 2.13. The van der Waals surface area contributed by atoms with Crippen molar-refractivity contribution in [3.63, 3.8) is 0 Å². The van der Waals surface area contributed by atoms with Crippen LogP contribution in [-0.2, 0) is 7.05 Å². The molecule has 4 nitrogen and oxygen atoms in total. The fourth-order valence-electron chi connectivity index (χ4n) is 4.27. The largest absolute Gasteiger partial charge is 0.372 e. The first-order chi connectivity index (χ1) is 15.5. The lowest BCUT2D eigenvalue weighted by atomic mass is 10.0. The highest BCUT2D eigenvalue weighted by molar-refractivity contribution is 8.01. The van der Waals surface area contributed by atoms with Gasteiger partial charge in [-0.05, 0) is 84.0 Å². The van der Waals surface area contributed by atoms with E-state index in [-0.39, 0.29) is 0 Å². The number of hydrogen-bond acceptors (Lipinski definition) is 4. The maximum atomic E-state index is 9.32. The third kappa shape index (κ3) is 5.20. The van der Waals surface area contributed by atoms with Crippen molar-refractivity contribution in [2.24, 2.45) is 12.2 Å². The zero-order valence-electron chi connectivity index (χ0n) is 19.7. The Balaban J connectivity index is 1.92. The maximum Gasteiger partial charge on any atom is 0.108 e. The molecule has 0 saturated heterocycles. The van der Waals surface area contributed by atoms with Gasteiger partial charge >= 0.3 is 0 Å². The Hall–Kier alpha value is -2.68. The quantitative estimate of drug-likeness (QED) is 0.205. The van der Waals surface area contributed by atoms with E-state index in [1.54, 1.807) is 0 Å². The molecular weight excluding hydrogens is 412 g/mol. The fraction of sp³-hybridized carbons (Fsp3) is 0.370. The average molecular weight is 447 g/mol. The predicted molar refractivity (Wildman–Crippen MR) is 140 cm³/mol. The van der Waals surface area contributed by atoms with Crippen LogP contribution in [0.4, 0.5) is 5.69 Å². The lowest BCUT2D eigenvalue weighted by molar-refractivity contribution is 0.669. The Kier molecular flexibility index (Phi) is 8.44. The minimum absolute atomic E-state index is 0.541. The first-order valence-corrected chi connectivity index (χ1v) is 12.3. The van der Waals surface area contributed by atoms with Gasteiger partial charge in [0.2, 0.25) is 0 Å². The molecule has 3 rings (SSSR count). The van der Waals surface area contributed by atoms with E-state index in [1.165, 1.54) is 41.3 Å². The fourth-order valence-corrected chi connectivity index (χ4v) is 4.61. The molecule has 1 aromatic heterocycles. The summed E-state index contributed by atoms with van der Waals surface area (Å²) in [5.74, 6) is 0. The van der Waals surface area contributed by atoms with Gasteiger partial charge in [0.1, 0.15) is 11.0 Å². The van der Waals surface area contributed by atoms with Gasteiger partial charge in [0, 0.05) is 37.2 Å². The number of benzene rings is 2. The van der Waals surface area contributed by atoms with Gasteiger partial charge in [0.15, 0.2) is 0 Å². The molecule has 32 heavy (non-hydrogen) atoms. The van der Waals surface area contributed by atoms with E-state index in [4.69, 9.17) is 5.14 Å². The maximum absolute atomic E-state index is 9.32. The molecule has 0 atom stereocenters. The zero-order chi connectivity index (χ0) is 23.1. The molecule has 0 bridgehead atoms. The van der Waals surface area contributed by atoms with Crippen LogP contribution in [0.5, 0.6) is 0 Å². The second kappa shape index (κ2) is 11.3. The topological polar surface area (TPSA) is 58.0 Å². The lowest BCUT2D eigenvalue weighted by Gasteiger charge is -2.25. The lowest BCUT2D eigenvalue weighted by Crippen LogP contribution is -2.25. The van der Waals surface area contributed by atoms with Crippen molar-refractivity contribution < 1.29 is 0 Å². The van der Waals surface area contributed by atoms with Crippen molar-refractivity contribution in [1.82, 2.24) is 4.57 Å². The molecule has 2 N–H and O–H groups in total. The normalized spacial score (nSPS) is 12.0. The minimum atomic E-state index is 0.541. The molecule has 0 unspecified atom stereocenters. The highest BCUT2D eigenvalue weighted by Crippen LogP contribution is 2.31. The van der Waals surface area contributed by atoms with Crippen LogP contribution in [0.3, 0.4) is 0 Å². The first kappa shape index (κ1) is 24.0. The second-order valence-electron chi connectivity index (χ2n) is 8.29. The second-order valence-corrected chi connectivity index (χ2v) is 8.93. The summed E-state index contributed by atoms with van der Waals surface area (Å²) in [7, 11) is 2.04. The Morgan fingerprint density at radius 2 is 1.75 bits per heavy atom. The summed E-state index contributed by atoms with van der Waals surface area (Å²) >= 11 is 1.00. The Labute approximate surface area is 196 Å². The number of fused-ring (bicyclic) bond motifs is 1. The molecule has 0 spiro atoms. The first-order valence-electron chi connectivity index (χ1n) is 11.5. The van der Waals surface area contributed by atoms with E-state index in [1.807, 2.05) is 14.0 Å². The summed E-state index contributed by atoms with van der Waals surface area (Å²) in [5.41, 5.74) is 5.51. The monoisotopic (exact) mass is 446 g/mol. The number of unbranched alkanes of at least 4 members (excludes halogenated alkanes) is 2. The van der Waals surface area contributed by atoms with Crippen LogP contribution in [0.2, 0.25) is 0 Å². The van der Waals surface area contributed by atoms with Crippen molar-refractivity contribution in [1.29, 1.82) is 5.26 Å². The number of nitrogens with two attached hydrogens (primary N) is 1. The third-order valence-corrected chi connectivity index (χ3v) is 6.71. The Bertz CT molecular complexity index is 1140. The van der Waals surface area contributed by atoms with E-state index in [0.717, 1.165) is 48.4 Å². The standard InChI is InChI=1S/C27H34N4S/c1-5-7-8-16-31(15-6-2)24-12-11-21-17-23(10-9-22(21)18-24)26-14-13-25(30(26)4)20(3)27(19-28)32-29/h9-14,17-18H,5-8,15-16,29H2,1-4H3/b27-20+. The number of nitrogens with zero attached hydrogens (tertiary/aromatic N) is 3. The van der Waals surface area contributed by atoms with Gasteiger partial charge in [-0.25, -0.2) is 0 Å². The van der Waals surface area contributed by atoms with Gasteiger partial charge in [-0.1, -0.05) is 44.9 Å². The van der Waals surface area contributed by atoms with E-state index < -0.39 is 0 Å². The van der Waals surface area contributed by atoms with Crippen LogP contribution < -0.4 is 10.0 Å². The van der Waals surface area contributed by atoms with Crippen LogP contribution in [0, 0.1) is 11.3 Å². The van der Waals surface area contributed by atoms with Crippen LogP contribution in [0.25, 0.3) is 27.6 Å². The minimum Gasteiger partial charge on any atom is -0.372 e. The smallest absolute Gasteiger partial charge is 0.108 e. The van der Waals surface area contributed by atoms with Gasteiger partial charge in [0.25, 0.3) is 0 Å². The number of rotatable bonds is 10. The number of nitriles is 1. The molecule has 5 heteroatoms. The third-order valence-electron chi connectivity index (χ3n) is 6.08. The molecule has 0 fully saturated rings. The van der Waals surface area contributed by atoms with Gasteiger partial charge < -0.3 is 9.47 Å². The van der Waals surface area contributed by atoms with E-state index in [9.17, 15) is 5.26 Å². The van der Waals surface area contributed by atoms with E-state index >= 15 is 0 Å². The van der Waals surface area contributed by atoms with Gasteiger partial charge in [-0.2, -0.15) is 5.26 Å². The molecule has 1 heterocycles. The van der Waals surface area contributed by atoms with Crippen LogP contribution in [-0.4, -0.2) is 17.7 Å². The van der Waals surface area contributed by atoms with Crippen molar-refractivity contribution in [3.05, 3.63) is 59.1 Å². The van der Waals surface area contributed by atoms with Gasteiger partial charge in [-0.15, -0.1) is 0 Å². The van der Waals surface area contributed by atoms with E-state index in [2.05, 4.69) is 77.9 Å². The zero-order valence-corrected chi connectivity index (χ0v) is 20.5. The predicted octanol–water partition coefficient (Wildman–Crippen LogP) is 7.11. The summed E-state index contributed by atoms with van der Waals surface area (Å²) in [6, 6.07) is 19.8. The SMILES string of the molecule is CCCCCN(CCC)c1ccc2cc(-c3ccc(/C(C)=C(\C#N)SN)n3C)ccc2c1. The molecule has 3 aromatic rings. The molecule has 0 saturated carbocycles. The molecule has 168 valence electrons. The van der Waals surface area contributed by atoms with Crippen molar-refractivity contribution in [2.75, 3.05) is 18.0 Å². The summed E-state index contributed by atoms with van der Waals surface area (Å²) in [6.07, 6.45) is 4.93. The molecule has 0 aliphatic rings. The highest BCUT2D eigenvalue weighted by Gasteiger charge is 2.13. The summed E-state index contributed by atoms with van der Waals surface area (Å²) in [6.45, 7) is 8.66. The number of allylic oxidation sites excluding steroid dienone is 2. The van der Waals surface area contributed by atoms with Crippen molar-refractivity contribution in [2.45, 2.75) is 46.5 Å². The molecule has 0 aliphatic heterocycles. The number of anilines is 1.